The van der Waals surface area contributed by atoms with Crippen molar-refractivity contribution in [2.24, 2.45) is 5.92 Å². The van der Waals surface area contributed by atoms with Crippen molar-refractivity contribution in [1.29, 1.82) is 0 Å². The second-order valence-electron chi connectivity index (χ2n) is 6.28. The molecule has 0 bridgehead atoms. The molecule has 3 atom stereocenters. The van der Waals surface area contributed by atoms with E-state index in [-0.39, 0.29) is 18.4 Å². The molecule has 1 aromatic carbocycles. The maximum Gasteiger partial charge on any atom is 0.323 e. The molecule has 0 saturated carbocycles. The lowest BCUT2D eigenvalue weighted by Crippen LogP contribution is -2.46. The summed E-state index contributed by atoms with van der Waals surface area (Å²) >= 11 is 5.94. The van der Waals surface area contributed by atoms with Crippen LogP contribution in [0.3, 0.4) is 0 Å². The van der Waals surface area contributed by atoms with E-state index in [1.807, 2.05) is 12.1 Å². The number of benzene rings is 1. The molecule has 6 nitrogen and oxygen atoms in total. The zero-order chi connectivity index (χ0) is 17.9. The van der Waals surface area contributed by atoms with Crippen LogP contribution in [-0.4, -0.2) is 54.7 Å². The molecule has 0 radical (unpaired) electrons. The zero-order valence-electron chi connectivity index (χ0n) is 14.1. The standard InChI is InChI=1S/C17H23ClN2O4/c1-17(16(22)23)10-13(15(21)19-8-9-24-3)14(20(17)2)11-4-6-12(18)7-5-11/h4-7,13-14H,8-10H2,1-3H3,(H,19,21)(H,22,23)/t13-,14-,17-/m0/s1. The Morgan fingerprint density at radius 1 is 1.42 bits per heavy atom. The topological polar surface area (TPSA) is 78.9 Å². The van der Waals surface area contributed by atoms with Crippen LogP contribution < -0.4 is 5.32 Å². The van der Waals surface area contributed by atoms with Gasteiger partial charge in [0.1, 0.15) is 5.54 Å². The summed E-state index contributed by atoms with van der Waals surface area (Å²) in [5, 5.41) is 13.1. The molecule has 1 heterocycles. The van der Waals surface area contributed by atoms with Crippen molar-refractivity contribution >= 4 is 23.5 Å². The van der Waals surface area contributed by atoms with Gasteiger partial charge in [-0.3, -0.25) is 14.5 Å². The van der Waals surface area contributed by atoms with E-state index >= 15 is 0 Å². The number of likely N-dealkylation sites (N-methyl/N-ethyl adjacent to an activating group) is 1. The molecule has 7 heteroatoms. The maximum absolute atomic E-state index is 12.6. The van der Waals surface area contributed by atoms with Gasteiger partial charge in [0.25, 0.3) is 0 Å². The third-order valence-corrected chi connectivity index (χ3v) is 5.06. The van der Waals surface area contributed by atoms with Gasteiger partial charge in [0.2, 0.25) is 5.91 Å². The SMILES string of the molecule is COCCNC(=O)[C@H]1C[C@@](C)(C(=O)O)N(C)[C@H]1c1ccc(Cl)cc1. The summed E-state index contributed by atoms with van der Waals surface area (Å²) in [4.78, 5) is 26.2. The third-order valence-electron chi connectivity index (χ3n) is 4.81. The van der Waals surface area contributed by atoms with Crippen LogP contribution in [-0.2, 0) is 14.3 Å². The molecular formula is C17H23ClN2O4. The van der Waals surface area contributed by atoms with Gasteiger partial charge in [0.15, 0.2) is 0 Å². The van der Waals surface area contributed by atoms with Gasteiger partial charge in [-0.05, 0) is 38.1 Å². The maximum atomic E-state index is 12.6. The molecule has 24 heavy (non-hydrogen) atoms. The first-order chi connectivity index (χ1) is 11.3. The molecule has 1 saturated heterocycles. The van der Waals surface area contributed by atoms with Crippen LogP contribution in [0.2, 0.25) is 5.02 Å². The number of ether oxygens (including phenoxy) is 1. The van der Waals surface area contributed by atoms with Crippen molar-refractivity contribution in [1.82, 2.24) is 10.2 Å². The second-order valence-corrected chi connectivity index (χ2v) is 6.72. The summed E-state index contributed by atoms with van der Waals surface area (Å²) in [5.41, 5.74) is -0.230. The van der Waals surface area contributed by atoms with Crippen molar-refractivity contribution in [3.8, 4) is 0 Å². The summed E-state index contributed by atoms with van der Waals surface area (Å²) in [6.45, 7) is 2.46. The number of likely N-dealkylation sites (tertiary alicyclic amines) is 1. The van der Waals surface area contributed by atoms with Gasteiger partial charge in [0, 0.05) is 24.7 Å². The molecule has 0 aromatic heterocycles. The second kappa shape index (κ2) is 7.51. The number of carboxylic acids is 1. The lowest BCUT2D eigenvalue weighted by molar-refractivity contribution is -0.148. The number of carbonyl (C=O) groups excluding carboxylic acids is 1. The van der Waals surface area contributed by atoms with E-state index < -0.39 is 17.4 Å². The van der Waals surface area contributed by atoms with Crippen molar-refractivity contribution in [2.45, 2.75) is 24.9 Å². The number of amides is 1. The van der Waals surface area contributed by atoms with Crippen LogP contribution in [0.4, 0.5) is 0 Å². The Morgan fingerprint density at radius 3 is 2.58 bits per heavy atom. The number of nitrogens with zero attached hydrogens (tertiary/aromatic N) is 1. The van der Waals surface area contributed by atoms with Crippen molar-refractivity contribution in [3.63, 3.8) is 0 Å². The first kappa shape index (κ1) is 18.7. The Morgan fingerprint density at radius 2 is 2.04 bits per heavy atom. The van der Waals surface area contributed by atoms with Gasteiger partial charge in [-0.15, -0.1) is 0 Å². The highest BCUT2D eigenvalue weighted by Crippen LogP contribution is 2.46. The minimum absolute atomic E-state index is 0.163. The number of carboxylic acid groups (broad SMARTS) is 1. The van der Waals surface area contributed by atoms with Crippen LogP contribution in [0.5, 0.6) is 0 Å². The summed E-state index contributed by atoms with van der Waals surface area (Å²) < 4.78 is 4.95. The fourth-order valence-corrected chi connectivity index (χ4v) is 3.38. The van der Waals surface area contributed by atoms with Crippen molar-refractivity contribution in [2.75, 3.05) is 27.3 Å². The minimum Gasteiger partial charge on any atom is -0.480 e. The zero-order valence-corrected chi connectivity index (χ0v) is 14.8. The van der Waals surface area contributed by atoms with E-state index in [2.05, 4.69) is 5.32 Å². The van der Waals surface area contributed by atoms with Crippen LogP contribution in [0.1, 0.15) is 24.9 Å². The van der Waals surface area contributed by atoms with Crippen LogP contribution in [0.15, 0.2) is 24.3 Å². The molecular weight excluding hydrogens is 332 g/mol. The van der Waals surface area contributed by atoms with Gasteiger partial charge >= 0.3 is 5.97 Å². The number of hydrogen-bond donors (Lipinski definition) is 2. The predicted molar refractivity (Wildman–Crippen MR) is 91.0 cm³/mol. The highest BCUT2D eigenvalue weighted by molar-refractivity contribution is 6.30. The van der Waals surface area contributed by atoms with Crippen LogP contribution in [0.25, 0.3) is 0 Å². The smallest absolute Gasteiger partial charge is 0.323 e. The Balaban J connectivity index is 2.32. The number of hydrogen-bond acceptors (Lipinski definition) is 4. The van der Waals surface area contributed by atoms with Gasteiger partial charge in [-0.2, -0.15) is 0 Å². The van der Waals surface area contributed by atoms with E-state index in [9.17, 15) is 14.7 Å². The quantitative estimate of drug-likeness (QED) is 0.763. The highest BCUT2D eigenvalue weighted by Gasteiger charge is 2.54. The summed E-state index contributed by atoms with van der Waals surface area (Å²) in [6.07, 6.45) is 0.241. The minimum atomic E-state index is -1.10. The third kappa shape index (κ3) is 3.55. The van der Waals surface area contributed by atoms with E-state index in [0.29, 0.717) is 18.2 Å². The average molecular weight is 355 g/mol. The average Bonchev–Trinajstić information content (AvgIpc) is 2.82. The Hall–Kier alpha value is -1.63. The molecule has 132 valence electrons. The lowest BCUT2D eigenvalue weighted by Gasteiger charge is -2.32. The molecule has 2 rings (SSSR count). The highest BCUT2D eigenvalue weighted by atomic mass is 35.5. The number of aliphatic carboxylic acids is 1. The number of nitrogens with one attached hydrogen (secondary N) is 1. The summed E-state index contributed by atoms with van der Waals surface area (Å²) in [7, 11) is 3.31. The molecule has 1 aliphatic heterocycles. The molecule has 0 aliphatic carbocycles. The van der Waals surface area contributed by atoms with Gasteiger partial charge in [-0.1, -0.05) is 23.7 Å². The molecule has 1 fully saturated rings. The molecule has 2 N–H and O–H groups in total. The summed E-state index contributed by atoms with van der Waals surface area (Å²) in [6, 6.07) is 6.85. The normalized spacial score (nSPS) is 27.2. The van der Waals surface area contributed by atoms with Crippen LogP contribution >= 0.6 is 11.6 Å². The molecule has 1 aromatic rings. The first-order valence-corrected chi connectivity index (χ1v) is 8.17. The molecule has 1 amide bonds. The molecule has 1 aliphatic rings. The molecule has 0 spiro atoms. The van der Waals surface area contributed by atoms with Gasteiger partial charge in [-0.25, -0.2) is 0 Å². The van der Waals surface area contributed by atoms with E-state index in [4.69, 9.17) is 16.3 Å². The first-order valence-electron chi connectivity index (χ1n) is 7.79. The predicted octanol–water partition coefficient (Wildman–Crippen LogP) is 1.94. The van der Waals surface area contributed by atoms with E-state index in [1.165, 1.54) is 0 Å². The van der Waals surface area contributed by atoms with Gasteiger partial charge in [0.05, 0.1) is 12.5 Å². The fourth-order valence-electron chi connectivity index (χ4n) is 3.26. The van der Waals surface area contributed by atoms with E-state index in [1.54, 1.807) is 38.1 Å². The number of halogens is 1. The van der Waals surface area contributed by atoms with Crippen molar-refractivity contribution in [3.05, 3.63) is 34.9 Å². The number of rotatable bonds is 6. The number of carbonyl (C=O) groups is 2. The number of methoxy groups -OCH3 is 1. The Labute approximate surface area is 146 Å². The largest absolute Gasteiger partial charge is 0.480 e. The van der Waals surface area contributed by atoms with Crippen LogP contribution in [0, 0.1) is 5.92 Å². The Bertz CT molecular complexity index is 607. The van der Waals surface area contributed by atoms with Crippen molar-refractivity contribution < 1.29 is 19.4 Å². The lowest BCUT2D eigenvalue weighted by atomic mass is 9.89. The van der Waals surface area contributed by atoms with E-state index in [0.717, 1.165) is 5.56 Å². The van der Waals surface area contributed by atoms with Gasteiger partial charge < -0.3 is 15.2 Å². The monoisotopic (exact) mass is 354 g/mol. The molecule has 0 unspecified atom stereocenters. The summed E-state index contributed by atoms with van der Waals surface area (Å²) in [5.74, 6) is -1.56. The Kier molecular flexibility index (Phi) is 5.85. The fraction of sp³-hybridized carbons (Fsp3) is 0.529.